The van der Waals surface area contributed by atoms with Crippen molar-refractivity contribution in [3.8, 4) is 50.4 Å². The fourth-order valence-electron chi connectivity index (χ4n) is 12.1. The van der Waals surface area contributed by atoms with E-state index >= 15 is 0 Å². The van der Waals surface area contributed by atoms with Gasteiger partial charge in [-0.15, -0.1) is 11.3 Å². The number of alkyl halides is 1. The Morgan fingerprint density at radius 2 is 1.53 bits per heavy atom. The van der Waals surface area contributed by atoms with Crippen molar-refractivity contribution >= 4 is 51.9 Å². The number of fused-ring (bicyclic) bond motifs is 1. The molecule has 2 aliphatic carbocycles. The van der Waals surface area contributed by atoms with Crippen LogP contribution in [0.5, 0.6) is 5.75 Å². The number of amides is 5. The molecule has 7 aromatic rings. The Morgan fingerprint density at radius 3 is 2.22 bits per heavy atom. The van der Waals surface area contributed by atoms with E-state index in [1.807, 2.05) is 72.4 Å². The molecule has 0 spiro atoms. The van der Waals surface area contributed by atoms with Gasteiger partial charge < -0.3 is 50.3 Å². The van der Waals surface area contributed by atoms with E-state index in [9.17, 15) is 44.0 Å². The first-order valence-corrected chi connectivity index (χ1v) is 32.7. The lowest BCUT2D eigenvalue weighted by Crippen LogP contribution is -2.59. The van der Waals surface area contributed by atoms with Crippen LogP contribution < -0.4 is 31.5 Å². The summed E-state index contributed by atoms with van der Waals surface area (Å²) < 4.78 is 25.0. The quantitative estimate of drug-likeness (QED) is 0.0211. The molecule has 7 N–H and O–H groups in total. The molecule has 3 fully saturated rings. The first kappa shape index (κ1) is 65.4. The summed E-state index contributed by atoms with van der Waals surface area (Å²) in [5.74, 6) is 4.73. The number of carbonyl (C=O) groups excluding carboxylic acids is 5. The summed E-state index contributed by atoms with van der Waals surface area (Å²) in [4.78, 5) is 78.1. The smallest absolute Gasteiger partial charge is 0.258 e. The largest absolute Gasteiger partial charge is 0.483 e. The predicted octanol–water partition coefficient (Wildman–Crippen LogP) is 9.61. The summed E-state index contributed by atoms with van der Waals surface area (Å²) in [5.41, 5.74) is 8.25. The van der Waals surface area contributed by atoms with Gasteiger partial charge in [0.2, 0.25) is 17.7 Å². The third-order valence-electron chi connectivity index (χ3n) is 17.4. The van der Waals surface area contributed by atoms with Crippen molar-refractivity contribution < 1.29 is 43.3 Å². The van der Waals surface area contributed by atoms with Crippen LogP contribution in [-0.2, 0) is 37.1 Å². The topological polar surface area (TPSA) is 246 Å². The van der Waals surface area contributed by atoms with Crippen molar-refractivity contribution in [2.75, 3.05) is 26.2 Å². The Morgan fingerprint density at radius 1 is 0.813 bits per heavy atom. The van der Waals surface area contributed by atoms with E-state index in [4.69, 9.17) is 9.72 Å². The number of thiazole rings is 1. The van der Waals surface area contributed by atoms with E-state index in [-0.39, 0.29) is 62.9 Å². The van der Waals surface area contributed by atoms with Crippen molar-refractivity contribution in [2.45, 2.75) is 167 Å². The number of hydrogen-bond acceptors (Lipinski definition) is 12. The van der Waals surface area contributed by atoms with Crippen molar-refractivity contribution in [1.82, 2.24) is 45.3 Å². The van der Waals surface area contributed by atoms with E-state index < -0.39 is 47.0 Å². The second-order valence-corrected chi connectivity index (χ2v) is 26.3. The highest BCUT2D eigenvalue weighted by Crippen LogP contribution is 2.42. The molecule has 3 atom stereocenters. The molecule has 3 aliphatic rings. The van der Waals surface area contributed by atoms with Gasteiger partial charge in [0.15, 0.2) is 12.3 Å². The predicted molar refractivity (Wildman–Crippen MR) is 349 cm³/mol. The molecule has 478 valence electrons. The molecule has 2 saturated carbocycles. The molecule has 91 heavy (non-hydrogen) atoms. The van der Waals surface area contributed by atoms with Crippen molar-refractivity contribution in [3.63, 3.8) is 0 Å². The number of aromatic nitrogens is 4. The molecule has 20 heteroatoms. The molecule has 10 rings (SSSR count). The summed E-state index contributed by atoms with van der Waals surface area (Å²) in [7, 11) is 0. The number of benzene rings is 4. The van der Waals surface area contributed by atoms with Gasteiger partial charge in [-0.05, 0) is 123 Å². The number of carbonyl (C=O) groups is 5. The van der Waals surface area contributed by atoms with Gasteiger partial charge in [0.25, 0.3) is 11.8 Å². The Hall–Kier alpha value is -8.51. The van der Waals surface area contributed by atoms with E-state index in [0.717, 1.165) is 92.8 Å². The number of aliphatic hydroxyl groups is 2. The maximum absolute atomic E-state index is 14.7. The van der Waals surface area contributed by atoms with Crippen molar-refractivity contribution in [3.05, 3.63) is 143 Å². The maximum atomic E-state index is 14.7. The number of aryl methyl sites for hydroxylation is 1. The highest BCUT2D eigenvalue weighted by atomic mass is 32.1. The Balaban J connectivity index is 0.660. The Kier molecular flexibility index (Phi) is 21.3. The van der Waals surface area contributed by atoms with E-state index in [1.165, 1.54) is 16.2 Å². The lowest BCUT2D eigenvalue weighted by molar-refractivity contribution is -0.145. The number of halogens is 1. The third-order valence-corrected chi connectivity index (χ3v) is 18.4. The van der Waals surface area contributed by atoms with Crippen LogP contribution in [-0.4, -0.2) is 120 Å². The number of nitrogens with zero attached hydrogens (tertiary/aromatic N) is 5. The molecular formula is C71H83FN10O8S. The lowest BCUT2D eigenvalue weighted by Gasteiger charge is -2.35. The summed E-state index contributed by atoms with van der Waals surface area (Å²) in [6.45, 7) is 8.13. The SMILES string of the molecule is Cc1ncsc1-c1ccc(CNC(=O)[C@@H]2C[C@@H](O)CN2C(=O)[C@@H](NC(=O)C2(F)CC2)C(C)(C)C)c(OCC(=O)NCCCCCNC(=O)CCCCC#Cc2cccc(Cn3c(-c4ccccc4)c(-c4ccccc4)c4c(=N)n(C5CCC(O)CC5)cnc43)c2)c1. The van der Waals surface area contributed by atoms with Gasteiger partial charge in [0, 0.05) is 74.7 Å². The molecule has 3 aromatic heterocycles. The number of aliphatic hydroxyl groups excluding tert-OH is 2. The minimum absolute atomic E-state index is 0.00857. The molecule has 4 aromatic carbocycles. The minimum Gasteiger partial charge on any atom is -0.483 e. The van der Waals surface area contributed by atoms with Crippen LogP contribution in [0.25, 0.3) is 43.9 Å². The third kappa shape index (κ3) is 16.3. The van der Waals surface area contributed by atoms with Crippen molar-refractivity contribution in [2.24, 2.45) is 5.41 Å². The molecule has 18 nitrogen and oxygen atoms in total. The normalized spacial score (nSPS) is 18.0. The Labute approximate surface area is 534 Å². The molecule has 5 amide bonds. The number of likely N-dealkylation sites (tertiary alicyclic amines) is 1. The fraction of sp³-hybridized carbons (Fsp3) is 0.437. The zero-order valence-electron chi connectivity index (χ0n) is 52.4. The number of unbranched alkanes of at least 4 members (excludes halogenated alkanes) is 4. The van der Waals surface area contributed by atoms with Crippen LogP contribution in [0.4, 0.5) is 4.39 Å². The van der Waals surface area contributed by atoms with Gasteiger partial charge in [0.1, 0.15) is 29.0 Å². The number of β-amino-alcohol motifs (C(OH)–C–C–N with tert-alkyl or cyclic N) is 1. The van der Waals surface area contributed by atoms with Crippen LogP contribution in [0.3, 0.4) is 0 Å². The minimum atomic E-state index is -2.00. The second kappa shape index (κ2) is 29.6. The molecule has 1 aliphatic heterocycles. The van der Waals surface area contributed by atoms with Crippen LogP contribution in [0.15, 0.2) is 115 Å². The number of hydrogen-bond donors (Lipinski definition) is 7. The summed E-state index contributed by atoms with van der Waals surface area (Å²) in [6.07, 6.45) is 8.43. The van der Waals surface area contributed by atoms with E-state index in [2.05, 4.69) is 79.1 Å². The number of ether oxygens (including phenoxy) is 1. The van der Waals surface area contributed by atoms with Crippen molar-refractivity contribution in [1.29, 1.82) is 5.41 Å². The van der Waals surface area contributed by atoms with Gasteiger partial charge in [-0.2, -0.15) is 0 Å². The molecular weight excluding hydrogens is 1170 g/mol. The average Bonchev–Trinajstić information content (AvgIpc) is 1.61. The van der Waals surface area contributed by atoms with E-state index in [0.29, 0.717) is 75.0 Å². The van der Waals surface area contributed by atoms with Crippen LogP contribution in [0.1, 0.15) is 139 Å². The molecule has 4 heterocycles. The number of rotatable bonds is 25. The number of nitrogens with one attached hydrogen (secondary N) is 5. The fourth-order valence-corrected chi connectivity index (χ4v) is 13.0. The molecule has 0 bridgehead atoms. The lowest BCUT2D eigenvalue weighted by atomic mass is 9.85. The highest BCUT2D eigenvalue weighted by molar-refractivity contribution is 7.13. The van der Waals surface area contributed by atoms with E-state index in [1.54, 1.807) is 38.4 Å². The maximum Gasteiger partial charge on any atom is 0.258 e. The molecule has 0 radical (unpaired) electrons. The zero-order chi connectivity index (χ0) is 64.2. The zero-order valence-corrected chi connectivity index (χ0v) is 53.2. The van der Waals surface area contributed by atoms with Crippen LogP contribution in [0.2, 0.25) is 0 Å². The second-order valence-electron chi connectivity index (χ2n) is 25.4. The summed E-state index contributed by atoms with van der Waals surface area (Å²) in [6, 6.07) is 32.2. The van der Waals surface area contributed by atoms with Crippen LogP contribution in [0, 0.1) is 29.6 Å². The first-order valence-electron chi connectivity index (χ1n) is 31.9. The molecule has 1 saturated heterocycles. The average molecular weight is 1260 g/mol. The summed E-state index contributed by atoms with van der Waals surface area (Å²) >= 11 is 1.46. The van der Waals surface area contributed by atoms with Gasteiger partial charge in [-0.25, -0.2) is 14.4 Å². The van der Waals surface area contributed by atoms with Gasteiger partial charge in [0.05, 0.1) is 45.7 Å². The Bertz CT molecular complexity index is 3860. The van der Waals surface area contributed by atoms with Gasteiger partial charge in [-0.1, -0.05) is 118 Å². The highest BCUT2D eigenvalue weighted by Gasteiger charge is 2.53. The van der Waals surface area contributed by atoms with Gasteiger partial charge in [-0.3, -0.25) is 29.4 Å². The van der Waals surface area contributed by atoms with Gasteiger partial charge >= 0.3 is 0 Å². The van der Waals surface area contributed by atoms with Crippen LogP contribution >= 0.6 is 11.3 Å². The first-order chi connectivity index (χ1) is 43.8. The standard InChI is InChI=1S/C71H83FN10O8S/c1-46-63(91-45-78-46)51-27-28-52(40-76-67(87)56-39-55(84)42-80(56)68(88)64(70(2,3)4)79-69(89)71(72)33-34-71)57(38-51)90-43-59(86)75-36-17-9-16-35-74-58(85)26-15-6-5-10-19-47-20-18-21-48(37-47)41-81-62(50-24-13-8-14-25-50)60(49-22-11-7-12-23-49)61-65(73)82(44-77-66(61)81)53-29-31-54(83)32-30-53/h7-8,11-14,18,20-25,27-28,37-38,44-45,53-56,64,73,83-84H,5-6,9,15-17,26,29-36,39-43H2,1-4H3,(H,74,85)(H,75,86)(H,76,87)(H,79,89)/t53?,54?,55-,56+,64-/m1/s1. The summed E-state index contributed by atoms with van der Waals surface area (Å²) in [5, 5.41) is 42.9. The monoisotopic (exact) mass is 1250 g/mol. The molecule has 0 unspecified atom stereocenters.